The van der Waals surface area contributed by atoms with Gasteiger partial charge in [0.2, 0.25) is 0 Å². The summed E-state index contributed by atoms with van der Waals surface area (Å²) in [7, 11) is -3.27. The lowest BCUT2D eigenvalue weighted by molar-refractivity contribution is 0.0943. The minimum Gasteiger partial charge on any atom is -0.361 e. The molecule has 6 nitrogen and oxygen atoms in total. The molecule has 0 aliphatic carbocycles. The van der Waals surface area contributed by atoms with Gasteiger partial charge < -0.3 is 5.32 Å². The van der Waals surface area contributed by atoms with Crippen molar-refractivity contribution in [3.05, 3.63) is 29.8 Å². The summed E-state index contributed by atoms with van der Waals surface area (Å²) in [5.74, 6) is 0.116. The van der Waals surface area contributed by atoms with Crippen molar-refractivity contribution in [1.29, 1.82) is 0 Å². The number of unbranched alkanes of at least 4 members (excludes halogenated alkanes) is 2. The highest BCUT2D eigenvalue weighted by Crippen LogP contribution is 2.10. The van der Waals surface area contributed by atoms with Crippen LogP contribution in [-0.4, -0.2) is 32.2 Å². The lowest BCUT2D eigenvalue weighted by atomic mass is 10.0. The Morgan fingerprint density at radius 1 is 1.16 bits per heavy atom. The van der Waals surface area contributed by atoms with Crippen LogP contribution in [0.5, 0.6) is 0 Å². The number of hydrogen-bond acceptors (Lipinski definition) is 4. The number of benzene rings is 1. The van der Waals surface area contributed by atoms with E-state index >= 15 is 0 Å². The molecule has 0 fully saturated rings. The number of rotatable bonds is 8. The number of carbonyl (C=O) groups is 1. The van der Waals surface area contributed by atoms with Crippen LogP contribution in [0.15, 0.2) is 29.2 Å². The molecule has 0 unspecified atom stereocenters. The van der Waals surface area contributed by atoms with Gasteiger partial charge in [-0.1, -0.05) is 33.1 Å². The summed E-state index contributed by atoms with van der Waals surface area (Å²) in [4.78, 5) is 12.2. The fourth-order valence-electron chi connectivity index (χ4n) is 2.20. The lowest BCUT2D eigenvalue weighted by Gasteiger charge is -2.15. The molecule has 0 bridgehead atoms. The Balaban J connectivity index is 2.37. The van der Waals surface area contributed by atoms with Crippen molar-refractivity contribution in [2.24, 2.45) is 5.92 Å². The Morgan fingerprint density at radius 3 is 2.36 bits per heavy atom. The Kier molecular flexibility index (Phi) is 8.85. The zero-order valence-corrected chi connectivity index (χ0v) is 16.6. The van der Waals surface area contributed by atoms with Crippen LogP contribution in [0.1, 0.15) is 49.9 Å². The van der Waals surface area contributed by atoms with E-state index in [0.717, 1.165) is 19.2 Å². The first-order chi connectivity index (χ1) is 11.7. The van der Waals surface area contributed by atoms with Crippen LogP contribution in [0.25, 0.3) is 0 Å². The van der Waals surface area contributed by atoms with E-state index in [4.69, 9.17) is 12.2 Å². The highest BCUT2D eigenvalue weighted by Gasteiger charge is 2.10. The standard InChI is InChI=1S/C17H27N3O3S2/c1-4-5-6-7-13(2)12-18-17(24)20-19-16(21)14-8-10-15(11-9-14)25(3,22)23/h8-11,13H,4-7,12H2,1-3H3,(H,19,21)(H2,18,20,24)/t13-/m0/s1. The number of hydrogen-bond donors (Lipinski definition) is 3. The second-order valence-corrected chi connectivity index (χ2v) is 8.61. The average Bonchev–Trinajstić information content (AvgIpc) is 2.57. The molecule has 0 aliphatic rings. The minimum atomic E-state index is -3.27. The zero-order valence-electron chi connectivity index (χ0n) is 15.0. The maximum absolute atomic E-state index is 12.0. The number of amides is 1. The molecule has 0 saturated carbocycles. The van der Waals surface area contributed by atoms with E-state index in [2.05, 4.69) is 30.0 Å². The van der Waals surface area contributed by atoms with Crippen molar-refractivity contribution in [3.8, 4) is 0 Å². The van der Waals surface area contributed by atoms with Gasteiger partial charge in [0.1, 0.15) is 0 Å². The van der Waals surface area contributed by atoms with E-state index < -0.39 is 9.84 Å². The smallest absolute Gasteiger partial charge is 0.269 e. The summed E-state index contributed by atoms with van der Waals surface area (Å²) < 4.78 is 22.8. The van der Waals surface area contributed by atoms with Gasteiger partial charge in [0.05, 0.1) is 4.90 Å². The van der Waals surface area contributed by atoms with Gasteiger partial charge in [-0.05, 0) is 48.8 Å². The van der Waals surface area contributed by atoms with Crippen molar-refractivity contribution in [2.75, 3.05) is 12.8 Å². The molecule has 8 heteroatoms. The summed E-state index contributed by atoms with van der Waals surface area (Å²) in [6, 6.07) is 5.72. The van der Waals surface area contributed by atoms with E-state index in [1.807, 2.05) is 0 Å². The molecule has 0 heterocycles. The maximum Gasteiger partial charge on any atom is 0.269 e. The summed E-state index contributed by atoms with van der Waals surface area (Å²) in [6.07, 6.45) is 5.91. The Morgan fingerprint density at radius 2 is 1.80 bits per heavy atom. The first-order valence-electron chi connectivity index (χ1n) is 8.38. The molecule has 0 aromatic heterocycles. The second kappa shape index (κ2) is 10.4. The van der Waals surface area contributed by atoms with Crippen molar-refractivity contribution in [3.63, 3.8) is 0 Å². The van der Waals surface area contributed by atoms with Gasteiger partial charge >= 0.3 is 0 Å². The van der Waals surface area contributed by atoms with E-state index in [1.165, 1.54) is 43.5 Å². The third-order valence-corrected chi connectivity index (χ3v) is 5.12. The van der Waals surface area contributed by atoms with Crippen LogP contribution < -0.4 is 16.2 Å². The molecule has 1 atom stereocenters. The fraction of sp³-hybridized carbons (Fsp3) is 0.529. The number of thiocarbonyl (C=S) groups is 1. The summed E-state index contributed by atoms with van der Waals surface area (Å²) in [6.45, 7) is 5.08. The third kappa shape index (κ3) is 8.31. The predicted molar refractivity (Wildman–Crippen MR) is 104 cm³/mol. The van der Waals surface area contributed by atoms with E-state index in [9.17, 15) is 13.2 Å². The van der Waals surface area contributed by atoms with Gasteiger partial charge in [0, 0.05) is 18.4 Å². The summed E-state index contributed by atoms with van der Waals surface area (Å²) in [5.41, 5.74) is 5.48. The molecule has 1 aromatic carbocycles. The first kappa shape index (κ1) is 21.4. The van der Waals surface area contributed by atoms with Gasteiger partial charge in [-0.25, -0.2) is 8.42 Å². The maximum atomic E-state index is 12.0. The molecule has 1 amide bonds. The fourth-order valence-corrected chi connectivity index (χ4v) is 2.96. The Bertz CT molecular complexity index is 673. The van der Waals surface area contributed by atoms with Crippen LogP contribution in [0.4, 0.5) is 0 Å². The van der Waals surface area contributed by atoms with E-state index in [1.54, 1.807) is 0 Å². The number of carbonyl (C=O) groups excluding carboxylic acids is 1. The average molecular weight is 386 g/mol. The number of hydrazine groups is 1. The highest BCUT2D eigenvalue weighted by molar-refractivity contribution is 7.90. The monoisotopic (exact) mass is 385 g/mol. The van der Waals surface area contributed by atoms with Gasteiger partial charge in [-0.15, -0.1) is 0 Å². The SMILES string of the molecule is CCCCC[C@H](C)CNC(=S)NNC(=O)c1ccc(S(C)(=O)=O)cc1. The molecule has 25 heavy (non-hydrogen) atoms. The van der Waals surface area contributed by atoms with Crippen molar-refractivity contribution in [2.45, 2.75) is 44.4 Å². The molecule has 1 aromatic rings. The molecule has 0 aliphatic heterocycles. The lowest BCUT2D eigenvalue weighted by Crippen LogP contribution is -2.47. The molecule has 3 N–H and O–H groups in total. The highest BCUT2D eigenvalue weighted by atomic mass is 32.2. The van der Waals surface area contributed by atoms with Gasteiger partial charge in [0.25, 0.3) is 5.91 Å². The number of sulfone groups is 1. The van der Waals surface area contributed by atoms with Crippen LogP contribution in [-0.2, 0) is 9.84 Å². The molecular formula is C17H27N3O3S2. The predicted octanol–water partition coefficient (Wildman–Crippen LogP) is 2.42. The van der Waals surface area contributed by atoms with Crippen LogP contribution in [0, 0.1) is 5.92 Å². The molecule has 0 spiro atoms. The molecule has 140 valence electrons. The second-order valence-electron chi connectivity index (χ2n) is 6.19. The normalized spacial score (nSPS) is 12.3. The Hall–Kier alpha value is -1.67. The first-order valence-corrected chi connectivity index (χ1v) is 10.7. The van der Waals surface area contributed by atoms with E-state index in [-0.39, 0.29) is 10.8 Å². The molecule has 0 radical (unpaired) electrons. The van der Waals surface area contributed by atoms with E-state index in [0.29, 0.717) is 16.6 Å². The van der Waals surface area contributed by atoms with Crippen molar-refractivity contribution >= 4 is 33.1 Å². The summed E-state index contributed by atoms with van der Waals surface area (Å²) in [5, 5.41) is 3.42. The quantitative estimate of drug-likeness (QED) is 0.362. The van der Waals surface area contributed by atoms with Gasteiger partial charge in [-0.3, -0.25) is 15.6 Å². The van der Waals surface area contributed by atoms with Crippen LogP contribution in [0.2, 0.25) is 0 Å². The molecule has 0 saturated heterocycles. The molecular weight excluding hydrogens is 358 g/mol. The van der Waals surface area contributed by atoms with Gasteiger partial charge in [-0.2, -0.15) is 0 Å². The van der Waals surface area contributed by atoms with Crippen molar-refractivity contribution < 1.29 is 13.2 Å². The third-order valence-electron chi connectivity index (χ3n) is 3.75. The zero-order chi connectivity index (χ0) is 18.9. The van der Waals surface area contributed by atoms with Crippen LogP contribution in [0.3, 0.4) is 0 Å². The Labute approximate surface area is 155 Å². The topological polar surface area (TPSA) is 87.3 Å². The minimum absolute atomic E-state index is 0.172. The van der Waals surface area contributed by atoms with Crippen molar-refractivity contribution in [1.82, 2.24) is 16.2 Å². The largest absolute Gasteiger partial charge is 0.361 e. The summed E-state index contributed by atoms with van der Waals surface area (Å²) >= 11 is 5.13. The van der Waals surface area contributed by atoms with Gasteiger partial charge in [0.15, 0.2) is 14.9 Å². The van der Waals surface area contributed by atoms with Crippen LogP contribution >= 0.6 is 12.2 Å². The molecule has 1 rings (SSSR count). The number of nitrogens with one attached hydrogen (secondary N) is 3.